The highest BCUT2D eigenvalue weighted by Gasteiger charge is 2.09. The van der Waals surface area contributed by atoms with Gasteiger partial charge in [0.2, 0.25) is 0 Å². The van der Waals surface area contributed by atoms with Crippen molar-refractivity contribution in [3.63, 3.8) is 0 Å². The fourth-order valence-corrected chi connectivity index (χ4v) is 1.78. The third-order valence-electron chi connectivity index (χ3n) is 2.89. The summed E-state index contributed by atoms with van der Waals surface area (Å²) in [6.45, 7) is 2.94. The zero-order chi connectivity index (χ0) is 14.6. The van der Waals surface area contributed by atoms with Crippen molar-refractivity contribution < 1.29 is 18.9 Å². The molecule has 0 aliphatic rings. The molecule has 2 N–H and O–H groups in total. The molecule has 0 saturated carbocycles. The number of hydrogen-bond acceptors (Lipinski definition) is 5. The normalized spacial score (nSPS) is 12.3. The minimum absolute atomic E-state index is 0.108. The number of benzene rings is 1. The molecule has 0 saturated heterocycles. The summed E-state index contributed by atoms with van der Waals surface area (Å²) < 4.78 is 21.2. The Balaban J connectivity index is 2.24. The Morgan fingerprint density at radius 3 is 2.35 bits per heavy atom. The SMILES string of the molecule is COCCCOCCOC(CN)c1ccc(OC)cc1. The average Bonchev–Trinajstić information content (AvgIpc) is 2.50. The van der Waals surface area contributed by atoms with Gasteiger partial charge in [-0.2, -0.15) is 0 Å². The molecule has 1 aromatic carbocycles. The Morgan fingerprint density at radius 1 is 1.00 bits per heavy atom. The summed E-state index contributed by atoms with van der Waals surface area (Å²) in [5, 5.41) is 0. The molecule has 0 fully saturated rings. The highest BCUT2D eigenvalue weighted by molar-refractivity contribution is 5.28. The van der Waals surface area contributed by atoms with Gasteiger partial charge in [-0.15, -0.1) is 0 Å². The van der Waals surface area contributed by atoms with Crippen LogP contribution >= 0.6 is 0 Å². The first-order valence-electron chi connectivity index (χ1n) is 6.84. The minimum Gasteiger partial charge on any atom is -0.497 e. The van der Waals surface area contributed by atoms with Crippen molar-refractivity contribution in [2.24, 2.45) is 5.73 Å². The van der Waals surface area contributed by atoms with Gasteiger partial charge < -0.3 is 24.7 Å². The molecule has 5 nitrogen and oxygen atoms in total. The van der Waals surface area contributed by atoms with Gasteiger partial charge in [0.1, 0.15) is 5.75 Å². The van der Waals surface area contributed by atoms with Crippen molar-refractivity contribution in [1.29, 1.82) is 0 Å². The summed E-state index contributed by atoms with van der Waals surface area (Å²) in [6, 6.07) is 7.75. The van der Waals surface area contributed by atoms with Crippen molar-refractivity contribution >= 4 is 0 Å². The van der Waals surface area contributed by atoms with Crippen molar-refractivity contribution in [2.75, 3.05) is 47.2 Å². The van der Waals surface area contributed by atoms with Gasteiger partial charge in [0, 0.05) is 26.9 Å². The molecule has 0 aliphatic carbocycles. The Morgan fingerprint density at radius 2 is 1.75 bits per heavy atom. The monoisotopic (exact) mass is 283 g/mol. The topological polar surface area (TPSA) is 62.9 Å². The molecular formula is C15H25NO4. The largest absolute Gasteiger partial charge is 0.497 e. The van der Waals surface area contributed by atoms with E-state index in [9.17, 15) is 0 Å². The Bertz CT molecular complexity index is 342. The summed E-state index contributed by atoms with van der Waals surface area (Å²) in [7, 11) is 3.33. The zero-order valence-corrected chi connectivity index (χ0v) is 12.3. The fraction of sp³-hybridized carbons (Fsp3) is 0.600. The molecule has 0 spiro atoms. The Hall–Kier alpha value is -1.14. The summed E-state index contributed by atoms with van der Waals surface area (Å²) in [5.74, 6) is 0.825. The van der Waals surface area contributed by atoms with Gasteiger partial charge >= 0.3 is 0 Å². The smallest absolute Gasteiger partial charge is 0.118 e. The maximum atomic E-state index is 5.74. The summed E-state index contributed by atoms with van der Waals surface area (Å²) in [6.07, 6.45) is 0.790. The lowest BCUT2D eigenvalue weighted by atomic mass is 10.1. The van der Waals surface area contributed by atoms with Crippen LogP contribution in [0.5, 0.6) is 5.75 Å². The van der Waals surface area contributed by atoms with Crippen molar-refractivity contribution in [3.8, 4) is 5.75 Å². The van der Waals surface area contributed by atoms with Gasteiger partial charge in [0.15, 0.2) is 0 Å². The molecule has 1 unspecified atom stereocenters. The second-order valence-corrected chi connectivity index (χ2v) is 4.33. The molecule has 1 rings (SSSR count). The molecule has 20 heavy (non-hydrogen) atoms. The molecule has 5 heteroatoms. The number of hydrogen-bond donors (Lipinski definition) is 1. The maximum absolute atomic E-state index is 5.74. The molecule has 1 aromatic rings. The number of nitrogens with two attached hydrogens (primary N) is 1. The molecule has 0 aromatic heterocycles. The lowest BCUT2D eigenvalue weighted by Gasteiger charge is -2.17. The van der Waals surface area contributed by atoms with Gasteiger partial charge in [0.25, 0.3) is 0 Å². The number of methoxy groups -OCH3 is 2. The standard InChI is InChI=1S/C15H25NO4/c1-17-8-3-9-19-10-11-20-15(12-16)13-4-6-14(18-2)7-5-13/h4-7,15H,3,8-12,16H2,1-2H3. The third-order valence-corrected chi connectivity index (χ3v) is 2.89. The summed E-state index contributed by atoms with van der Waals surface area (Å²) >= 11 is 0. The van der Waals surface area contributed by atoms with Crippen molar-refractivity contribution in [3.05, 3.63) is 29.8 Å². The van der Waals surface area contributed by atoms with Crippen LogP contribution in [0.1, 0.15) is 18.1 Å². The van der Waals surface area contributed by atoms with Crippen LogP contribution in [-0.4, -0.2) is 47.2 Å². The third kappa shape index (κ3) is 6.34. The second-order valence-electron chi connectivity index (χ2n) is 4.33. The molecule has 0 aliphatic heterocycles. The van der Waals surface area contributed by atoms with Crippen molar-refractivity contribution in [1.82, 2.24) is 0 Å². The lowest BCUT2D eigenvalue weighted by Crippen LogP contribution is -2.18. The van der Waals surface area contributed by atoms with Crippen LogP contribution in [-0.2, 0) is 14.2 Å². The number of ether oxygens (including phenoxy) is 4. The van der Waals surface area contributed by atoms with Gasteiger partial charge in [-0.1, -0.05) is 12.1 Å². The van der Waals surface area contributed by atoms with Crippen LogP contribution in [0.4, 0.5) is 0 Å². The van der Waals surface area contributed by atoms with Crippen LogP contribution in [0.25, 0.3) is 0 Å². The van der Waals surface area contributed by atoms with E-state index in [0.717, 1.165) is 24.3 Å². The summed E-state index contributed by atoms with van der Waals surface area (Å²) in [4.78, 5) is 0. The Labute approximate surface area is 121 Å². The molecule has 0 bridgehead atoms. The van der Waals surface area contributed by atoms with E-state index in [1.165, 1.54) is 0 Å². The maximum Gasteiger partial charge on any atom is 0.118 e. The minimum atomic E-state index is -0.108. The van der Waals surface area contributed by atoms with Gasteiger partial charge in [-0.05, 0) is 24.1 Å². The average molecular weight is 283 g/mol. The highest BCUT2D eigenvalue weighted by Crippen LogP contribution is 2.19. The quantitative estimate of drug-likeness (QED) is 0.627. The van der Waals surface area contributed by atoms with Crippen LogP contribution in [0.3, 0.4) is 0 Å². The van der Waals surface area contributed by atoms with E-state index in [4.69, 9.17) is 24.7 Å². The summed E-state index contributed by atoms with van der Waals surface area (Å²) in [5.41, 5.74) is 6.79. The van der Waals surface area contributed by atoms with E-state index in [1.807, 2.05) is 24.3 Å². The molecule has 0 heterocycles. The first-order chi connectivity index (χ1) is 9.81. The van der Waals surface area contributed by atoms with Crippen LogP contribution in [0.15, 0.2) is 24.3 Å². The predicted molar refractivity (Wildman–Crippen MR) is 78.1 cm³/mol. The van der Waals surface area contributed by atoms with E-state index >= 15 is 0 Å². The first kappa shape index (κ1) is 16.9. The molecule has 1 atom stereocenters. The molecule has 114 valence electrons. The highest BCUT2D eigenvalue weighted by atomic mass is 16.5. The van der Waals surface area contributed by atoms with Gasteiger partial charge in [-0.25, -0.2) is 0 Å². The van der Waals surface area contributed by atoms with Crippen LogP contribution in [0, 0.1) is 0 Å². The van der Waals surface area contributed by atoms with Crippen molar-refractivity contribution in [2.45, 2.75) is 12.5 Å². The van der Waals surface area contributed by atoms with E-state index in [1.54, 1.807) is 14.2 Å². The Kier molecular flexibility index (Phi) is 8.98. The molecule has 0 amide bonds. The number of rotatable bonds is 11. The van der Waals surface area contributed by atoms with Crippen LogP contribution < -0.4 is 10.5 Å². The molecular weight excluding hydrogens is 258 g/mol. The zero-order valence-electron chi connectivity index (χ0n) is 12.3. The molecule has 0 radical (unpaired) electrons. The lowest BCUT2D eigenvalue weighted by molar-refractivity contribution is 0.00388. The second kappa shape index (κ2) is 10.6. The first-order valence-corrected chi connectivity index (χ1v) is 6.84. The van der Waals surface area contributed by atoms with Gasteiger partial charge in [-0.3, -0.25) is 0 Å². The predicted octanol–water partition coefficient (Wildman–Crippen LogP) is 1.76. The van der Waals surface area contributed by atoms with E-state index in [0.29, 0.717) is 26.4 Å². The van der Waals surface area contributed by atoms with Gasteiger partial charge in [0.05, 0.1) is 26.4 Å². The van der Waals surface area contributed by atoms with Crippen LogP contribution in [0.2, 0.25) is 0 Å². The van der Waals surface area contributed by atoms with E-state index in [2.05, 4.69) is 0 Å². The fourth-order valence-electron chi connectivity index (χ4n) is 1.78. The van der Waals surface area contributed by atoms with E-state index in [-0.39, 0.29) is 6.10 Å². The van der Waals surface area contributed by atoms with E-state index < -0.39 is 0 Å².